The number of piperazine rings is 1. The average Bonchev–Trinajstić information content (AvgIpc) is 3.59. The average molecular weight is 574 g/mol. The molecule has 1 fully saturated rings. The molecule has 41 heavy (non-hydrogen) atoms. The predicted octanol–water partition coefficient (Wildman–Crippen LogP) is 4.53. The van der Waals surface area contributed by atoms with Gasteiger partial charge < -0.3 is 24.6 Å². The summed E-state index contributed by atoms with van der Waals surface area (Å²) in [6, 6.07) is 18.4. The van der Waals surface area contributed by atoms with E-state index in [9.17, 15) is 9.59 Å². The zero-order valence-electron chi connectivity index (χ0n) is 23.1. The van der Waals surface area contributed by atoms with Gasteiger partial charge in [0.25, 0.3) is 0 Å². The first kappa shape index (κ1) is 27.3. The number of aliphatic imine (C=N–C) groups is 1. The Morgan fingerprint density at radius 2 is 1.73 bits per heavy atom. The van der Waals surface area contributed by atoms with E-state index in [1.165, 1.54) is 0 Å². The maximum absolute atomic E-state index is 13.3. The molecule has 1 atom stereocenters. The van der Waals surface area contributed by atoms with Crippen molar-refractivity contribution in [3.63, 3.8) is 0 Å². The Labute approximate surface area is 244 Å². The van der Waals surface area contributed by atoms with Crippen LogP contribution in [0.1, 0.15) is 24.0 Å². The first-order chi connectivity index (χ1) is 19.9. The molecule has 0 aliphatic carbocycles. The van der Waals surface area contributed by atoms with Crippen molar-refractivity contribution in [2.24, 2.45) is 4.99 Å². The first-order valence-corrected chi connectivity index (χ1v) is 14.2. The highest BCUT2D eigenvalue weighted by molar-refractivity contribution is 6.31. The number of anilines is 2. The van der Waals surface area contributed by atoms with Crippen LogP contribution in [-0.4, -0.2) is 80.4 Å². The number of halogens is 1. The van der Waals surface area contributed by atoms with E-state index in [-0.39, 0.29) is 18.6 Å². The second-order valence-electron chi connectivity index (χ2n) is 10.4. The maximum atomic E-state index is 13.3. The van der Waals surface area contributed by atoms with E-state index in [4.69, 9.17) is 26.1 Å². The number of hydrogen-bond acceptors (Lipinski definition) is 7. The van der Waals surface area contributed by atoms with Crippen LogP contribution < -0.4 is 19.7 Å². The number of rotatable bonds is 7. The molecule has 1 N–H and O–H groups in total. The number of nitrogens with one attached hydrogen (secondary N) is 1. The Morgan fingerprint density at radius 1 is 1.00 bits per heavy atom. The van der Waals surface area contributed by atoms with Gasteiger partial charge in [-0.15, -0.1) is 0 Å². The molecule has 6 rings (SSSR count). The van der Waals surface area contributed by atoms with Crippen LogP contribution in [0.3, 0.4) is 0 Å². The second kappa shape index (κ2) is 11.5. The fourth-order valence-corrected chi connectivity index (χ4v) is 5.62. The SMILES string of the molecule is CCN1CCN(CC(=O)N(C)c2ccc(N=C(c3ccc4c(c3)OCO4)C3C(=O)Nc4cc(Cl)ccc43)cc2)CC1. The predicted molar refractivity (Wildman–Crippen MR) is 160 cm³/mol. The number of amides is 2. The van der Waals surface area contributed by atoms with Crippen LogP contribution in [0.4, 0.5) is 17.1 Å². The number of nitrogens with zero attached hydrogens (tertiary/aromatic N) is 4. The Bertz CT molecular complexity index is 1500. The standard InChI is InChI=1S/C31H32ClN5O4/c1-3-36-12-14-37(15-13-36)18-28(38)35(2)23-8-6-22(7-9-23)33-30(20-4-11-26-27(16-20)41-19-40-26)29-24-10-5-21(32)17-25(24)34-31(29)39/h4-11,16-17,29H,3,12-15,18-19H2,1-2H3,(H,34,39). The van der Waals surface area contributed by atoms with E-state index in [1.54, 1.807) is 24.1 Å². The molecule has 3 aromatic rings. The lowest BCUT2D eigenvalue weighted by atomic mass is 9.90. The topological polar surface area (TPSA) is 86.7 Å². The van der Waals surface area contributed by atoms with Crippen molar-refractivity contribution in [1.82, 2.24) is 9.80 Å². The highest BCUT2D eigenvalue weighted by atomic mass is 35.5. The van der Waals surface area contributed by atoms with Crippen LogP contribution in [0, 0.1) is 0 Å². The summed E-state index contributed by atoms with van der Waals surface area (Å²) in [7, 11) is 1.80. The van der Waals surface area contributed by atoms with Crippen molar-refractivity contribution >= 4 is 46.2 Å². The Hall–Kier alpha value is -3.92. The van der Waals surface area contributed by atoms with Crippen molar-refractivity contribution < 1.29 is 19.1 Å². The van der Waals surface area contributed by atoms with Gasteiger partial charge in [-0.05, 0) is 66.7 Å². The molecular formula is C31H32ClN5O4. The molecule has 1 saturated heterocycles. The molecule has 0 aromatic heterocycles. The molecule has 0 saturated carbocycles. The molecule has 0 radical (unpaired) electrons. The van der Waals surface area contributed by atoms with Gasteiger partial charge in [0, 0.05) is 55.2 Å². The third-order valence-corrected chi connectivity index (χ3v) is 8.15. The van der Waals surface area contributed by atoms with Gasteiger partial charge in [0.15, 0.2) is 11.5 Å². The summed E-state index contributed by atoms with van der Waals surface area (Å²) >= 11 is 6.19. The summed E-state index contributed by atoms with van der Waals surface area (Å²) in [5.74, 6) is 0.488. The van der Waals surface area contributed by atoms with Gasteiger partial charge >= 0.3 is 0 Å². The summed E-state index contributed by atoms with van der Waals surface area (Å²) in [6.07, 6.45) is 0. The molecule has 3 aliphatic heterocycles. The van der Waals surface area contributed by atoms with E-state index in [0.717, 1.165) is 49.5 Å². The number of hydrogen-bond donors (Lipinski definition) is 1. The number of benzene rings is 3. The summed E-state index contributed by atoms with van der Waals surface area (Å²) in [5, 5.41) is 3.49. The molecular weight excluding hydrogens is 542 g/mol. The molecule has 212 valence electrons. The molecule has 10 heteroatoms. The molecule has 0 bridgehead atoms. The fourth-order valence-electron chi connectivity index (χ4n) is 5.45. The first-order valence-electron chi connectivity index (χ1n) is 13.8. The van der Waals surface area contributed by atoms with Crippen LogP contribution >= 0.6 is 11.6 Å². The van der Waals surface area contributed by atoms with Gasteiger partial charge in [0.05, 0.1) is 17.9 Å². The number of likely N-dealkylation sites (N-methyl/N-ethyl adjacent to an activating group) is 2. The summed E-state index contributed by atoms with van der Waals surface area (Å²) < 4.78 is 11.1. The zero-order chi connectivity index (χ0) is 28.5. The van der Waals surface area contributed by atoms with Crippen LogP contribution in [-0.2, 0) is 9.59 Å². The van der Waals surface area contributed by atoms with Gasteiger partial charge in [0.2, 0.25) is 18.6 Å². The van der Waals surface area contributed by atoms with E-state index >= 15 is 0 Å². The Balaban J connectivity index is 1.26. The number of ether oxygens (including phenoxy) is 2. The number of fused-ring (bicyclic) bond motifs is 2. The zero-order valence-corrected chi connectivity index (χ0v) is 23.9. The molecule has 2 amide bonds. The third kappa shape index (κ3) is 5.66. The van der Waals surface area contributed by atoms with E-state index in [1.807, 2.05) is 48.5 Å². The van der Waals surface area contributed by atoms with Gasteiger partial charge in [-0.1, -0.05) is 24.6 Å². The van der Waals surface area contributed by atoms with Gasteiger partial charge in [-0.25, -0.2) is 0 Å². The van der Waals surface area contributed by atoms with Crippen molar-refractivity contribution in [2.75, 3.05) is 63.3 Å². The summed E-state index contributed by atoms with van der Waals surface area (Å²) in [6.45, 7) is 7.52. The van der Waals surface area contributed by atoms with Crippen LogP contribution in [0.5, 0.6) is 11.5 Å². The lowest BCUT2D eigenvalue weighted by Crippen LogP contribution is -2.49. The minimum absolute atomic E-state index is 0.0464. The quantitative estimate of drug-likeness (QED) is 0.418. The summed E-state index contributed by atoms with van der Waals surface area (Å²) in [5.41, 5.74) is 4.24. The lowest BCUT2D eigenvalue weighted by Gasteiger charge is -2.34. The third-order valence-electron chi connectivity index (χ3n) is 7.92. The summed E-state index contributed by atoms with van der Waals surface area (Å²) in [4.78, 5) is 37.5. The number of carbonyl (C=O) groups is 2. The minimum Gasteiger partial charge on any atom is -0.454 e. The molecule has 3 heterocycles. The molecule has 0 spiro atoms. The van der Waals surface area contributed by atoms with Crippen molar-refractivity contribution in [2.45, 2.75) is 12.8 Å². The largest absolute Gasteiger partial charge is 0.454 e. The highest BCUT2D eigenvalue weighted by Gasteiger charge is 2.36. The smallest absolute Gasteiger partial charge is 0.240 e. The fraction of sp³-hybridized carbons (Fsp3) is 0.323. The van der Waals surface area contributed by atoms with Crippen LogP contribution in [0.25, 0.3) is 0 Å². The lowest BCUT2D eigenvalue weighted by molar-refractivity contribution is -0.120. The second-order valence-corrected chi connectivity index (χ2v) is 10.8. The van der Waals surface area contributed by atoms with Crippen molar-refractivity contribution in [3.05, 3.63) is 76.8 Å². The monoisotopic (exact) mass is 573 g/mol. The van der Waals surface area contributed by atoms with Crippen LogP contribution in [0.15, 0.2) is 65.7 Å². The van der Waals surface area contributed by atoms with E-state index < -0.39 is 5.92 Å². The minimum atomic E-state index is -0.639. The van der Waals surface area contributed by atoms with Crippen molar-refractivity contribution in [1.29, 1.82) is 0 Å². The highest BCUT2D eigenvalue weighted by Crippen LogP contribution is 2.40. The maximum Gasteiger partial charge on any atom is 0.240 e. The van der Waals surface area contributed by atoms with E-state index in [2.05, 4.69) is 22.0 Å². The molecule has 3 aromatic carbocycles. The van der Waals surface area contributed by atoms with Gasteiger partial charge in [-0.3, -0.25) is 19.5 Å². The Morgan fingerprint density at radius 3 is 2.49 bits per heavy atom. The van der Waals surface area contributed by atoms with Crippen LogP contribution in [0.2, 0.25) is 5.02 Å². The van der Waals surface area contributed by atoms with E-state index in [0.29, 0.717) is 40.2 Å². The van der Waals surface area contributed by atoms with Gasteiger partial charge in [0.1, 0.15) is 5.92 Å². The molecule has 9 nitrogen and oxygen atoms in total. The van der Waals surface area contributed by atoms with Gasteiger partial charge in [-0.2, -0.15) is 0 Å². The molecule has 1 unspecified atom stereocenters. The number of carbonyl (C=O) groups excluding carboxylic acids is 2. The van der Waals surface area contributed by atoms with Crippen molar-refractivity contribution in [3.8, 4) is 11.5 Å². The molecule has 3 aliphatic rings. The Kier molecular flexibility index (Phi) is 7.66. The normalized spacial score (nSPS) is 18.8.